The molecule has 0 spiro atoms. The number of anilines is 1. The van der Waals surface area contributed by atoms with Crippen LogP contribution in [0.1, 0.15) is 54.9 Å². The third-order valence-electron chi connectivity index (χ3n) is 7.08. The average Bonchev–Trinajstić information content (AvgIpc) is 3.34. The maximum absolute atomic E-state index is 13.7. The van der Waals surface area contributed by atoms with E-state index in [0.717, 1.165) is 23.3 Å². The molecule has 1 aliphatic carbocycles. The minimum Gasteiger partial charge on any atom is -0.384 e. The van der Waals surface area contributed by atoms with Crippen molar-refractivity contribution in [3.05, 3.63) is 93.4 Å². The van der Waals surface area contributed by atoms with Crippen LogP contribution in [0, 0.1) is 23.7 Å². The van der Waals surface area contributed by atoms with Gasteiger partial charge in [-0.1, -0.05) is 79.4 Å². The molecule has 1 atom stereocenters. The highest BCUT2D eigenvalue weighted by Gasteiger charge is 2.45. The number of carbonyl (C=O) groups excluding carboxylic acids is 1. The quantitative estimate of drug-likeness (QED) is 0.321. The van der Waals surface area contributed by atoms with Crippen molar-refractivity contribution in [3.63, 3.8) is 0 Å². The van der Waals surface area contributed by atoms with Gasteiger partial charge in [0.05, 0.1) is 23.1 Å². The van der Waals surface area contributed by atoms with Crippen molar-refractivity contribution in [2.75, 3.05) is 4.90 Å². The molecular weight excluding hydrogens is 555 g/mol. The first kappa shape index (κ1) is 27.9. The van der Waals surface area contributed by atoms with E-state index in [-0.39, 0.29) is 28.3 Å². The fourth-order valence-electron chi connectivity index (χ4n) is 5.28. The lowest BCUT2D eigenvalue weighted by Crippen LogP contribution is -2.42. The van der Waals surface area contributed by atoms with Gasteiger partial charge >= 0.3 is 6.18 Å². The number of benzene rings is 2. The molecule has 2 heterocycles. The fourth-order valence-corrected chi connectivity index (χ4v) is 7.11. The number of carbonyl (C=O) groups is 1. The molecule has 1 aliphatic heterocycles. The van der Waals surface area contributed by atoms with Gasteiger partial charge in [-0.05, 0) is 41.5 Å². The zero-order valence-electron chi connectivity index (χ0n) is 22.0. The number of rotatable bonds is 5. The summed E-state index contributed by atoms with van der Waals surface area (Å²) in [5.41, 5.74) is 9.49. The molecule has 0 amide bonds. The predicted octanol–water partition coefficient (Wildman–Crippen LogP) is 7.10. The standard InChI is InChI=1S/C29H26F3N5OS2/c1-16-7-4-5-10-19(16)23-20(14-33)25(34)37(21-12-28(2,3)13-22(38)24(21)23)26-35-36-27(40-26)39-15-17-8-6-9-18(11-17)29(30,31)32/h4-11,23H,12-13,15,34H2,1-3H3/t23-/m0/s1. The second kappa shape index (κ2) is 10.4. The smallest absolute Gasteiger partial charge is 0.384 e. The molecule has 40 heavy (non-hydrogen) atoms. The molecule has 0 radical (unpaired) electrons. The molecular formula is C29H26F3N5OS2. The van der Waals surface area contributed by atoms with E-state index in [2.05, 4.69) is 16.3 Å². The van der Waals surface area contributed by atoms with Crippen LogP contribution >= 0.6 is 23.1 Å². The maximum Gasteiger partial charge on any atom is 0.416 e. The molecule has 0 bridgehead atoms. The molecule has 3 aromatic rings. The third-order valence-corrected chi connectivity index (χ3v) is 9.20. The number of hydrogen-bond acceptors (Lipinski definition) is 8. The number of ketones is 1. The SMILES string of the molecule is Cc1ccccc1[C@H]1C(C#N)=C(N)N(c2nnc(SCc3cccc(C(F)(F)F)c3)s2)C2=C1C(=O)CC(C)(C)C2. The molecule has 11 heteroatoms. The Bertz CT molecular complexity index is 1600. The Morgan fingerprint density at radius 3 is 2.62 bits per heavy atom. The molecule has 1 aromatic heterocycles. The Kier molecular flexibility index (Phi) is 7.27. The highest BCUT2D eigenvalue weighted by atomic mass is 32.2. The zero-order chi connectivity index (χ0) is 28.8. The highest BCUT2D eigenvalue weighted by Crippen LogP contribution is 2.51. The Hall–Kier alpha value is -3.62. The molecule has 2 N–H and O–H groups in total. The van der Waals surface area contributed by atoms with Gasteiger partial charge < -0.3 is 5.73 Å². The summed E-state index contributed by atoms with van der Waals surface area (Å²) in [5, 5.41) is 19.2. The van der Waals surface area contributed by atoms with Crippen molar-refractivity contribution < 1.29 is 18.0 Å². The van der Waals surface area contributed by atoms with Crippen molar-refractivity contribution in [2.24, 2.45) is 11.1 Å². The van der Waals surface area contributed by atoms with E-state index in [1.807, 2.05) is 45.0 Å². The molecule has 2 aliphatic rings. The van der Waals surface area contributed by atoms with E-state index in [1.165, 1.54) is 29.2 Å². The van der Waals surface area contributed by atoms with E-state index < -0.39 is 17.7 Å². The van der Waals surface area contributed by atoms with Gasteiger partial charge in [0.25, 0.3) is 0 Å². The number of aryl methyl sites for hydroxylation is 1. The van der Waals surface area contributed by atoms with Crippen LogP contribution in [0.25, 0.3) is 0 Å². The molecule has 0 fully saturated rings. The van der Waals surface area contributed by atoms with Crippen LogP contribution in [0.15, 0.2) is 75.5 Å². The normalized spacial score (nSPS) is 19.1. The van der Waals surface area contributed by atoms with Crippen LogP contribution < -0.4 is 10.6 Å². The van der Waals surface area contributed by atoms with E-state index in [4.69, 9.17) is 5.73 Å². The van der Waals surface area contributed by atoms with E-state index >= 15 is 0 Å². The second-order valence-electron chi connectivity index (χ2n) is 10.7. The minimum absolute atomic E-state index is 0.0339. The second-order valence-corrected chi connectivity index (χ2v) is 12.9. The van der Waals surface area contributed by atoms with Crippen LogP contribution in [0.2, 0.25) is 0 Å². The first-order valence-electron chi connectivity index (χ1n) is 12.5. The number of aromatic nitrogens is 2. The highest BCUT2D eigenvalue weighted by molar-refractivity contribution is 8.00. The number of nitrogens with zero attached hydrogens (tertiary/aromatic N) is 4. The number of hydrogen-bond donors (Lipinski definition) is 1. The molecule has 5 rings (SSSR count). The van der Waals surface area contributed by atoms with E-state index in [9.17, 15) is 23.2 Å². The van der Waals surface area contributed by atoms with Crippen molar-refractivity contribution in [2.45, 2.75) is 55.8 Å². The predicted molar refractivity (Wildman–Crippen MR) is 149 cm³/mol. The van der Waals surface area contributed by atoms with Crippen molar-refractivity contribution >= 4 is 34.0 Å². The van der Waals surface area contributed by atoms with Gasteiger partial charge in [-0.15, -0.1) is 10.2 Å². The Balaban J connectivity index is 1.53. The van der Waals surface area contributed by atoms with Gasteiger partial charge in [-0.3, -0.25) is 9.69 Å². The molecule has 0 saturated heterocycles. The van der Waals surface area contributed by atoms with Gasteiger partial charge in [-0.25, -0.2) is 0 Å². The summed E-state index contributed by atoms with van der Waals surface area (Å²) < 4.78 is 39.9. The van der Waals surface area contributed by atoms with Crippen molar-refractivity contribution in [3.8, 4) is 6.07 Å². The molecule has 0 unspecified atom stereocenters. The van der Waals surface area contributed by atoms with E-state index in [0.29, 0.717) is 39.1 Å². The fraction of sp³-hybridized carbons (Fsp3) is 0.310. The molecule has 6 nitrogen and oxygen atoms in total. The number of Topliss-reactive ketones (excluding diaryl/α,β-unsaturated/α-hetero) is 1. The number of thioether (sulfide) groups is 1. The first-order chi connectivity index (χ1) is 18.9. The lowest BCUT2D eigenvalue weighted by atomic mass is 9.68. The number of allylic oxidation sites excluding steroid dienone is 3. The van der Waals surface area contributed by atoms with Crippen molar-refractivity contribution in [1.29, 1.82) is 5.26 Å². The Morgan fingerprint density at radius 1 is 1.18 bits per heavy atom. The lowest BCUT2D eigenvalue weighted by molar-refractivity contribution is -0.137. The lowest BCUT2D eigenvalue weighted by Gasteiger charge is -2.42. The van der Waals surface area contributed by atoms with Crippen molar-refractivity contribution in [1.82, 2.24) is 10.2 Å². The first-order valence-corrected chi connectivity index (χ1v) is 14.3. The van der Waals surface area contributed by atoms with Gasteiger partial charge in [0.1, 0.15) is 5.82 Å². The topological polar surface area (TPSA) is 95.9 Å². The minimum atomic E-state index is -4.42. The van der Waals surface area contributed by atoms with Gasteiger partial charge in [-0.2, -0.15) is 18.4 Å². The summed E-state index contributed by atoms with van der Waals surface area (Å²) >= 11 is 2.48. The molecule has 206 valence electrons. The zero-order valence-corrected chi connectivity index (χ0v) is 23.7. The number of nitrogens with two attached hydrogens (primary N) is 1. The summed E-state index contributed by atoms with van der Waals surface area (Å²) in [4.78, 5) is 15.3. The number of nitriles is 1. The monoisotopic (exact) mass is 581 g/mol. The van der Waals surface area contributed by atoms with Gasteiger partial charge in [0.15, 0.2) is 10.1 Å². The van der Waals surface area contributed by atoms with Crippen LogP contribution in [0.5, 0.6) is 0 Å². The number of halogens is 3. The summed E-state index contributed by atoms with van der Waals surface area (Å²) in [5.74, 6) is -0.148. The Labute approximate surface area is 238 Å². The molecule has 0 saturated carbocycles. The third kappa shape index (κ3) is 5.25. The van der Waals surface area contributed by atoms with Crippen LogP contribution in [-0.2, 0) is 16.7 Å². The maximum atomic E-state index is 13.7. The summed E-state index contributed by atoms with van der Waals surface area (Å²) in [6.07, 6.45) is -3.53. The summed E-state index contributed by atoms with van der Waals surface area (Å²) in [6, 6.07) is 15.1. The van der Waals surface area contributed by atoms with Gasteiger partial charge in [0.2, 0.25) is 5.13 Å². The summed E-state index contributed by atoms with van der Waals surface area (Å²) in [7, 11) is 0. The van der Waals surface area contributed by atoms with E-state index in [1.54, 1.807) is 11.0 Å². The van der Waals surface area contributed by atoms with Crippen LogP contribution in [-0.4, -0.2) is 16.0 Å². The van der Waals surface area contributed by atoms with Crippen LogP contribution in [0.3, 0.4) is 0 Å². The molecule has 2 aromatic carbocycles. The van der Waals surface area contributed by atoms with Crippen LogP contribution in [0.4, 0.5) is 18.3 Å². The number of alkyl halides is 3. The van der Waals surface area contributed by atoms with Gasteiger partial charge in [0, 0.05) is 23.4 Å². The Morgan fingerprint density at radius 2 is 1.93 bits per heavy atom. The largest absolute Gasteiger partial charge is 0.416 e. The average molecular weight is 582 g/mol. The summed E-state index contributed by atoms with van der Waals surface area (Å²) in [6.45, 7) is 5.99.